The number of aliphatic imine (C=N–C) groups is 1. The van der Waals surface area contributed by atoms with Gasteiger partial charge in [-0.25, -0.2) is 9.56 Å². The third kappa shape index (κ3) is 10.2. The van der Waals surface area contributed by atoms with Gasteiger partial charge in [-0.05, 0) is 95.7 Å². The van der Waals surface area contributed by atoms with Crippen LogP contribution in [0.3, 0.4) is 0 Å². The van der Waals surface area contributed by atoms with E-state index in [1.165, 1.54) is 0 Å². The quantitative estimate of drug-likeness (QED) is 0.170. The van der Waals surface area contributed by atoms with E-state index in [2.05, 4.69) is 13.0 Å². The molecule has 1 unspecified atom stereocenters. The lowest BCUT2D eigenvalue weighted by molar-refractivity contribution is -0.00465. The Morgan fingerprint density at radius 3 is 2.15 bits per heavy atom. The fourth-order valence-corrected chi connectivity index (χ4v) is 6.39. The average molecular weight is 594 g/mol. The fraction of sp³-hybridized carbons (Fsp3) is 0.581. The van der Waals surface area contributed by atoms with Crippen LogP contribution in [0.4, 0.5) is 0 Å². The summed E-state index contributed by atoms with van der Waals surface area (Å²) in [7, 11) is -3.89. The number of phosphoric ester groups is 1. The maximum absolute atomic E-state index is 13.6. The molecule has 1 heterocycles. The van der Waals surface area contributed by atoms with Crippen molar-refractivity contribution in [1.82, 2.24) is 0 Å². The van der Waals surface area contributed by atoms with Crippen molar-refractivity contribution in [3.63, 3.8) is 0 Å². The molecular formula is C31H45ClNO6P. The first-order chi connectivity index (χ1) is 18.6. The smallest absolute Gasteiger partial charge is 0.475 e. The molecule has 9 heteroatoms. The predicted molar refractivity (Wildman–Crippen MR) is 163 cm³/mol. The van der Waals surface area contributed by atoms with Crippen LogP contribution in [0.2, 0.25) is 5.02 Å². The summed E-state index contributed by atoms with van der Waals surface area (Å²) in [5.74, 6) is 1.43. The highest BCUT2D eigenvalue weighted by Crippen LogP contribution is 2.56. The summed E-state index contributed by atoms with van der Waals surface area (Å²) in [6.45, 7) is 15.9. The lowest BCUT2D eigenvalue weighted by Crippen LogP contribution is -2.36. The summed E-state index contributed by atoms with van der Waals surface area (Å²) in [5.41, 5.74) is 0.902. The predicted octanol–water partition coefficient (Wildman–Crippen LogP) is 9.06. The van der Waals surface area contributed by atoms with E-state index in [1.807, 2.05) is 77.9 Å². The molecule has 2 aromatic rings. The van der Waals surface area contributed by atoms with Crippen molar-refractivity contribution < 1.29 is 27.6 Å². The number of benzene rings is 2. The third-order valence-electron chi connectivity index (χ3n) is 6.07. The van der Waals surface area contributed by atoms with Crippen LogP contribution in [0.5, 0.6) is 5.75 Å². The number of phosphoric acid groups is 1. The lowest BCUT2D eigenvalue weighted by Gasteiger charge is -2.33. The minimum absolute atomic E-state index is 0.0240. The monoisotopic (exact) mass is 593 g/mol. The molecule has 0 spiro atoms. The zero-order chi connectivity index (χ0) is 29.6. The molecule has 0 N–H and O–H groups in total. The molecule has 0 amide bonds. The normalized spacial score (nSPS) is 18.0. The number of unbranched alkanes of at least 4 members (excludes halogenated alkanes) is 1. The highest BCUT2D eigenvalue weighted by Gasteiger charge is 2.43. The van der Waals surface area contributed by atoms with Crippen LogP contribution in [-0.2, 0) is 29.3 Å². The van der Waals surface area contributed by atoms with Crippen molar-refractivity contribution in [3.05, 3.63) is 53.1 Å². The van der Waals surface area contributed by atoms with Crippen molar-refractivity contribution in [3.8, 4) is 16.9 Å². The van der Waals surface area contributed by atoms with E-state index in [1.54, 1.807) is 6.92 Å². The van der Waals surface area contributed by atoms with Gasteiger partial charge in [-0.1, -0.05) is 49.2 Å². The highest BCUT2D eigenvalue weighted by molar-refractivity contribution is 7.48. The van der Waals surface area contributed by atoms with Gasteiger partial charge in [0.05, 0.1) is 24.4 Å². The Balaban J connectivity index is 1.71. The molecule has 0 aliphatic carbocycles. The van der Waals surface area contributed by atoms with Crippen molar-refractivity contribution in [2.75, 3.05) is 19.8 Å². The van der Waals surface area contributed by atoms with Gasteiger partial charge in [0.25, 0.3) is 0 Å². The summed E-state index contributed by atoms with van der Waals surface area (Å²) in [4.78, 5) is 4.74. The van der Waals surface area contributed by atoms with Gasteiger partial charge in [0.15, 0.2) is 5.90 Å². The molecular weight excluding hydrogens is 549 g/mol. The Hall–Kier alpha value is -1.89. The molecule has 0 radical (unpaired) electrons. The van der Waals surface area contributed by atoms with Crippen LogP contribution in [0.15, 0.2) is 47.5 Å². The van der Waals surface area contributed by atoms with Crippen molar-refractivity contribution in [2.24, 2.45) is 4.99 Å². The van der Waals surface area contributed by atoms with Gasteiger partial charge in [-0.2, -0.15) is 0 Å². The first-order valence-corrected chi connectivity index (χ1v) is 15.8. The Kier molecular flexibility index (Phi) is 10.9. The second-order valence-corrected chi connectivity index (χ2v) is 14.2. The highest BCUT2D eigenvalue weighted by atomic mass is 35.5. The molecule has 7 nitrogen and oxygen atoms in total. The zero-order valence-electron chi connectivity index (χ0n) is 25.2. The summed E-state index contributed by atoms with van der Waals surface area (Å²) in [6.07, 6.45) is 3.36. The maximum Gasteiger partial charge on any atom is 0.475 e. The molecule has 1 atom stereocenters. The number of rotatable bonds is 13. The van der Waals surface area contributed by atoms with Crippen LogP contribution in [0, 0.1) is 0 Å². The van der Waals surface area contributed by atoms with Crippen LogP contribution in [0.1, 0.15) is 80.2 Å². The molecule has 0 saturated heterocycles. The van der Waals surface area contributed by atoms with E-state index in [-0.39, 0.29) is 6.61 Å². The van der Waals surface area contributed by atoms with Crippen LogP contribution >= 0.6 is 19.4 Å². The molecule has 0 fully saturated rings. The Morgan fingerprint density at radius 1 is 1.00 bits per heavy atom. The molecule has 222 valence electrons. The number of ether oxygens (including phenoxy) is 2. The van der Waals surface area contributed by atoms with E-state index in [0.29, 0.717) is 30.4 Å². The second-order valence-electron chi connectivity index (χ2n) is 12.3. The molecule has 1 aliphatic heterocycles. The molecule has 3 rings (SSSR count). The fourth-order valence-electron chi connectivity index (χ4n) is 4.23. The van der Waals surface area contributed by atoms with Crippen molar-refractivity contribution in [2.45, 2.75) is 97.8 Å². The lowest BCUT2D eigenvalue weighted by atomic mass is 9.93. The van der Waals surface area contributed by atoms with Gasteiger partial charge in [0.1, 0.15) is 17.9 Å². The number of nitrogens with zero attached hydrogens (tertiary/aromatic N) is 1. The zero-order valence-corrected chi connectivity index (χ0v) is 26.9. The first kappa shape index (κ1) is 32.6. The van der Waals surface area contributed by atoms with Gasteiger partial charge in [-0.15, -0.1) is 0 Å². The van der Waals surface area contributed by atoms with Gasteiger partial charge in [0, 0.05) is 11.9 Å². The first-order valence-electron chi connectivity index (χ1n) is 14.0. The third-order valence-corrected chi connectivity index (χ3v) is 8.41. The molecule has 2 aromatic carbocycles. The van der Waals surface area contributed by atoms with Crippen LogP contribution in [-0.4, -0.2) is 42.5 Å². The Labute approximate surface area is 245 Å². The number of halogens is 1. The van der Waals surface area contributed by atoms with Gasteiger partial charge < -0.3 is 9.47 Å². The molecule has 1 aliphatic rings. The van der Waals surface area contributed by atoms with Crippen LogP contribution in [0.25, 0.3) is 11.1 Å². The summed E-state index contributed by atoms with van der Waals surface area (Å²) in [6, 6.07) is 14.2. The van der Waals surface area contributed by atoms with E-state index in [0.717, 1.165) is 41.9 Å². The van der Waals surface area contributed by atoms with E-state index in [9.17, 15) is 4.57 Å². The summed E-state index contributed by atoms with van der Waals surface area (Å²) < 4.78 is 42.7. The Morgan fingerprint density at radius 2 is 1.62 bits per heavy atom. The molecule has 0 saturated carbocycles. The Bertz CT molecular complexity index is 1180. The van der Waals surface area contributed by atoms with Crippen LogP contribution < -0.4 is 4.74 Å². The second kappa shape index (κ2) is 13.4. The van der Waals surface area contributed by atoms with E-state index >= 15 is 0 Å². The summed E-state index contributed by atoms with van der Waals surface area (Å²) in [5, 5.41) is 0.675. The molecule has 40 heavy (non-hydrogen) atoms. The van der Waals surface area contributed by atoms with Gasteiger partial charge >= 0.3 is 7.82 Å². The van der Waals surface area contributed by atoms with Gasteiger partial charge in [-0.3, -0.25) is 13.6 Å². The number of hydrogen-bond acceptors (Lipinski definition) is 7. The van der Waals surface area contributed by atoms with E-state index < -0.39 is 24.6 Å². The minimum Gasteiger partial charge on any atom is -0.494 e. The standard InChI is InChI=1S/C31H45ClNO6P/c1-9-10-19-35-27-15-13-24(14-16-27)26-12-11-25(28(32)20-26)17-18-31(21-36-23(2)33-31)22-37-40(34,38-29(3,4)5)39-30(6,7)8/h11-16,20H,9-10,17-19,21-22H2,1-8H3. The average Bonchev–Trinajstić information content (AvgIpc) is 3.21. The topological polar surface area (TPSA) is 75.6 Å². The maximum atomic E-state index is 13.6. The number of hydrogen-bond donors (Lipinski definition) is 0. The molecule has 0 bridgehead atoms. The SMILES string of the molecule is CCCCOc1ccc(-c2ccc(CCC3(COP(=O)(OC(C)(C)C)OC(C)(C)C)COC(C)=N3)c(Cl)c2)cc1. The summed E-state index contributed by atoms with van der Waals surface area (Å²) >= 11 is 6.74. The largest absolute Gasteiger partial charge is 0.494 e. The van der Waals surface area contributed by atoms with E-state index in [4.69, 9.17) is 39.6 Å². The number of aryl methyl sites for hydroxylation is 1. The molecule has 0 aromatic heterocycles. The van der Waals surface area contributed by atoms with Crippen molar-refractivity contribution >= 4 is 25.3 Å². The van der Waals surface area contributed by atoms with Gasteiger partial charge in [0.2, 0.25) is 0 Å². The minimum atomic E-state index is -3.89. The van der Waals surface area contributed by atoms with Crippen molar-refractivity contribution in [1.29, 1.82) is 0 Å².